The van der Waals surface area contributed by atoms with E-state index in [4.69, 9.17) is 9.47 Å². The molecule has 0 bridgehead atoms. The maximum Gasteiger partial charge on any atom is 0.251 e. The smallest absolute Gasteiger partial charge is 0.251 e. The number of nitrogens with one attached hydrogen (secondary N) is 2. The monoisotopic (exact) mass is 390 g/mol. The highest BCUT2D eigenvalue weighted by atomic mass is 16.5. The predicted molar refractivity (Wildman–Crippen MR) is 106 cm³/mol. The van der Waals surface area contributed by atoms with E-state index in [0.29, 0.717) is 38.3 Å². The molecule has 0 aromatic heterocycles. The minimum atomic E-state index is -1.34. The number of carbonyl (C=O) groups excluding carboxylic acids is 2. The van der Waals surface area contributed by atoms with Gasteiger partial charge in [0.2, 0.25) is 0 Å². The van der Waals surface area contributed by atoms with Gasteiger partial charge < -0.3 is 25.2 Å². The second-order valence-corrected chi connectivity index (χ2v) is 6.66. The fourth-order valence-corrected chi connectivity index (χ4v) is 2.82. The molecule has 0 saturated carbocycles. The lowest BCUT2D eigenvalue weighted by Crippen LogP contribution is -2.50. The SMILES string of the molecule is CCCCNC(=O)C(O)[C@@H]1C/C=C/COCCOCc2ccccc2C(=O)N1. The first kappa shape index (κ1) is 22.1. The zero-order chi connectivity index (χ0) is 20.2. The highest BCUT2D eigenvalue weighted by molar-refractivity contribution is 5.96. The average molecular weight is 390 g/mol. The van der Waals surface area contributed by atoms with Gasteiger partial charge in [0.05, 0.1) is 32.5 Å². The average Bonchev–Trinajstić information content (AvgIpc) is 2.71. The molecule has 7 heteroatoms. The summed E-state index contributed by atoms with van der Waals surface area (Å²) in [5.41, 5.74) is 1.21. The number of amides is 2. The normalized spacial score (nSPS) is 20.9. The lowest BCUT2D eigenvalue weighted by atomic mass is 10.0. The van der Waals surface area contributed by atoms with Crippen molar-refractivity contribution >= 4 is 11.8 Å². The summed E-state index contributed by atoms with van der Waals surface area (Å²) >= 11 is 0. The molecule has 0 fully saturated rings. The second kappa shape index (κ2) is 12.3. The molecule has 28 heavy (non-hydrogen) atoms. The van der Waals surface area contributed by atoms with Gasteiger partial charge in [-0.1, -0.05) is 43.7 Å². The third kappa shape index (κ3) is 7.07. The summed E-state index contributed by atoms with van der Waals surface area (Å²) in [6.07, 6.45) is 4.35. The first-order chi connectivity index (χ1) is 13.6. The Morgan fingerprint density at radius 1 is 1.29 bits per heavy atom. The number of fused-ring (bicyclic) bond motifs is 1. The molecule has 7 nitrogen and oxygen atoms in total. The predicted octanol–water partition coefficient (Wildman–Crippen LogP) is 1.56. The van der Waals surface area contributed by atoms with E-state index in [-0.39, 0.29) is 12.5 Å². The molecule has 0 spiro atoms. The fraction of sp³-hybridized carbons (Fsp3) is 0.524. The highest BCUT2D eigenvalue weighted by Gasteiger charge is 2.27. The molecule has 2 rings (SSSR count). The van der Waals surface area contributed by atoms with Crippen molar-refractivity contribution in [2.75, 3.05) is 26.4 Å². The van der Waals surface area contributed by atoms with Crippen molar-refractivity contribution in [3.63, 3.8) is 0 Å². The van der Waals surface area contributed by atoms with E-state index in [1.54, 1.807) is 24.3 Å². The Morgan fingerprint density at radius 3 is 2.89 bits per heavy atom. The van der Waals surface area contributed by atoms with E-state index in [1.807, 2.05) is 19.1 Å². The van der Waals surface area contributed by atoms with E-state index in [1.165, 1.54) is 0 Å². The van der Waals surface area contributed by atoms with Gasteiger partial charge in [0.25, 0.3) is 11.8 Å². The Labute approximate surface area is 166 Å². The van der Waals surface area contributed by atoms with Crippen LogP contribution >= 0.6 is 0 Å². The number of hydrogen-bond donors (Lipinski definition) is 3. The van der Waals surface area contributed by atoms with Crippen LogP contribution in [0.4, 0.5) is 0 Å². The number of ether oxygens (including phenoxy) is 2. The summed E-state index contributed by atoms with van der Waals surface area (Å²) in [4.78, 5) is 25.1. The summed E-state index contributed by atoms with van der Waals surface area (Å²) in [6, 6.07) is 6.39. The number of rotatable bonds is 5. The molecule has 1 aromatic rings. The van der Waals surface area contributed by atoms with Crippen molar-refractivity contribution in [1.29, 1.82) is 0 Å². The first-order valence-electron chi connectivity index (χ1n) is 9.78. The van der Waals surface area contributed by atoms with Crippen molar-refractivity contribution in [3.05, 3.63) is 47.5 Å². The zero-order valence-electron chi connectivity index (χ0n) is 16.4. The maximum atomic E-state index is 12.8. The van der Waals surface area contributed by atoms with E-state index < -0.39 is 18.1 Å². The second-order valence-electron chi connectivity index (χ2n) is 6.66. The lowest BCUT2D eigenvalue weighted by molar-refractivity contribution is -0.130. The molecule has 0 saturated heterocycles. The number of hydrogen-bond acceptors (Lipinski definition) is 5. The number of aliphatic hydroxyl groups excluding tert-OH is 1. The van der Waals surface area contributed by atoms with Crippen LogP contribution in [0.15, 0.2) is 36.4 Å². The van der Waals surface area contributed by atoms with Gasteiger partial charge in [0, 0.05) is 12.1 Å². The summed E-state index contributed by atoms with van der Waals surface area (Å²) < 4.78 is 11.0. The van der Waals surface area contributed by atoms with Gasteiger partial charge in [-0.05, 0) is 24.5 Å². The van der Waals surface area contributed by atoms with Crippen molar-refractivity contribution in [2.45, 2.75) is 44.9 Å². The van der Waals surface area contributed by atoms with E-state index in [0.717, 1.165) is 18.4 Å². The molecule has 154 valence electrons. The molecule has 1 unspecified atom stereocenters. The van der Waals surface area contributed by atoms with Gasteiger partial charge in [-0.25, -0.2) is 0 Å². The molecule has 2 amide bonds. The molecule has 1 aliphatic heterocycles. The minimum absolute atomic E-state index is 0.285. The van der Waals surface area contributed by atoms with Gasteiger partial charge in [-0.15, -0.1) is 0 Å². The van der Waals surface area contributed by atoms with Gasteiger partial charge in [-0.3, -0.25) is 9.59 Å². The number of benzene rings is 1. The number of aliphatic hydroxyl groups is 1. The van der Waals surface area contributed by atoms with Gasteiger partial charge in [-0.2, -0.15) is 0 Å². The van der Waals surface area contributed by atoms with Crippen molar-refractivity contribution in [1.82, 2.24) is 10.6 Å². The van der Waals surface area contributed by atoms with Crippen LogP contribution in [0.3, 0.4) is 0 Å². The van der Waals surface area contributed by atoms with Gasteiger partial charge in [0.1, 0.15) is 0 Å². The van der Waals surface area contributed by atoms with Crippen LogP contribution in [0.1, 0.15) is 42.1 Å². The number of unbranched alkanes of at least 4 members (excludes halogenated alkanes) is 1. The summed E-state index contributed by atoms with van der Waals surface area (Å²) in [7, 11) is 0. The van der Waals surface area contributed by atoms with Crippen molar-refractivity contribution in [2.24, 2.45) is 0 Å². The number of carbonyl (C=O) groups is 2. The quantitative estimate of drug-likeness (QED) is 0.524. The van der Waals surface area contributed by atoms with Crippen LogP contribution in [0.5, 0.6) is 0 Å². The van der Waals surface area contributed by atoms with E-state index >= 15 is 0 Å². The third-order valence-electron chi connectivity index (χ3n) is 4.46. The Hall–Kier alpha value is -2.22. The third-order valence-corrected chi connectivity index (χ3v) is 4.46. The topological polar surface area (TPSA) is 96.9 Å². The molecule has 0 aliphatic carbocycles. The van der Waals surface area contributed by atoms with E-state index in [2.05, 4.69) is 10.6 Å². The first-order valence-corrected chi connectivity index (χ1v) is 9.78. The Morgan fingerprint density at radius 2 is 2.07 bits per heavy atom. The van der Waals surface area contributed by atoms with Gasteiger partial charge >= 0.3 is 0 Å². The minimum Gasteiger partial charge on any atom is -0.381 e. The Bertz CT molecular complexity index is 662. The molecule has 3 N–H and O–H groups in total. The molecule has 1 heterocycles. The van der Waals surface area contributed by atoms with Crippen LogP contribution in [-0.2, 0) is 20.9 Å². The van der Waals surface area contributed by atoms with Crippen molar-refractivity contribution in [3.8, 4) is 0 Å². The molecular weight excluding hydrogens is 360 g/mol. The summed E-state index contributed by atoms with van der Waals surface area (Å²) in [5.74, 6) is -0.826. The van der Waals surface area contributed by atoms with Crippen LogP contribution in [0, 0.1) is 0 Å². The Balaban J connectivity index is 2.15. The maximum absolute atomic E-state index is 12.8. The van der Waals surface area contributed by atoms with Crippen LogP contribution in [0.2, 0.25) is 0 Å². The highest BCUT2D eigenvalue weighted by Crippen LogP contribution is 2.12. The molecule has 2 atom stereocenters. The largest absolute Gasteiger partial charge is 0.381 e. The fourth-order valence-electron chi connectivity index (χ4n) is 2.82. The van der Waals surface area contributed by atoms with Crippen molar-refractivity contribution < 1.29 is 24.2 Å². The standard InChI is InChI=1S/C21H30N2O5/c1-2-3-11-22-21(26)19(24)18-10-6-7-12-27-13-14-28-15-16-8-4-5-9-17(16)20(25)23-18/h4-9,18-19,24H,2-3,10-15H2,1H3,(H,22,26)(H,23,25)/b7-6+/t18-,19?/m0/s1. The summed E-state index contributed by atoms with van der Waals surface area (Å²) in [5, 5.41) is 16.0. The zero-order valence-corrected chi connectivity index (χ0v) is 16.4. The lowest BCUT2D eigenvalue weighted by Gasteiger charge is -2.23. The van der Waals surface area contributed by atoms with E-state index in [9.17, 15) is 14.7 Å². The molecule has 1 aliphatic rings. The molecule has 1 aromatic carbocycles. The molecular formula is C21H30N2O5. The van der Waals surface area contributed by atoms with Crippen LogP contribution < -0.4 is 10.6 Å². The van der Waals surface area contributed by atoms with Crippen LogP contribution in [-0.4, -0.2) is 55.4 Å². The molecule has 0 radical (unpaired) electrons. The Kier molecular flexibility index (Phi) is 9.68. The van der Waals surface area contributed by atoms with Crippen LogP contribution in [0.25, 0.3) is 0 Å². The summed E-state index contributed by atoms with van der Waals surface area (Å²) in [6.45, 7) is 4.09. The van der Waals surface area contributed by atoms with Gasteiger partial charge in [0.15, 0.2) is 6.10 Å².